The van der Waals surface area contributed by atoms with Crippen molar-refractivity contribution in [2.45, 2.75) is 173 Å². The van der Waals surface area contributed by atoms with Crippen LogP contribution in [0.25, 0.3) is 0 Å². The number of Topliss-reactive ketones (excluding diaryl/α,β-unsaturated/α-hetero) is 1. The molecule has 342 valence electrons. The highest BCUT2D eigenvalue weighted by molar-refractivity contribution is 5.96. The van der Waals surface area contributed by atoms with Gasteiger partial charge in [0.15, 0.2) is 5.60 Å². The average molecular weight is 859 g/mol. The summed E-state index contributed by atoms with van der Waals surface area (Å²) in [6.45, 7) is 11.6. The summed E-state index contributed by atoms with van der Waals surface area (Å²) in [5, 5.41) is 35.9. The van der Waals surface area contributed by atoms with Crippen LogP contribution in [0.15, 0.2) is 36.5 Å². The highest BCUT2D eigenvalue weighted by atomic mass is 16.5. The Morgan fingerprint density at radius 1 is 0.820 bits per heavy atom. The number of aliphatic hydroxyl groups is 2. The molecule has 9 N–H and O–H groups in total. The van der Waals surface area contributed by atoms with Crippen LogP contribution in [0.5, 0.6) is 0 Å². The summed E-state index contributed by atoms with van der Waals surface area (Å²) in [5.41, 5.74) is 3.48. The molecule has 4 bridgehead atoms. The molecule has 17 heteroatoms. The smallest absolute Gasteiger partial charge is 0.253 e. The summed E-state index contributed by atoms with van der Waals surface area (Å²) in [5.74, 6) is -5.71. The fourth-order valence-electron chi connectivity index (χ4n) is 7.80. The van der Waals surface area contributed by atoms with E-state index < -0.39 is 120 Å². The van der Waals surface area contributed by atoms with Gasteiger partial charge in [0.05, 0.1) is 30.5 Å². The molecular weight excluding hydrogens is 789 g/mol. The molecule has 6 amide bonds. The van der Waals surface area contributed by atoms with E-state index >= 15 is 0 Å². The van der Waals surface area contributed by atoms with Crippen molar-refractivity contribution in [1.29, 1.82) is 0 Å². The Bertz CT molecular complexity index is 1630. The lowest BCUT2D eigenvalue weighted by atomic mass is 9.77. The first-order chi connectivity index (χ1) is 28.7. The third kappa shape index (κ3) is 16.7. The first-order valence-corrected chi connectivity index (χ1v) is 21.6. The van der Waals surface area contributed by atoms with Crippen LogP contribution in [0, 0.1) is 17.8 Å². The molecule has 1 saturated carbocycles. The Kier molecular flexibility index (Phi) is 20.2. The van der Waals surface area contributed by atoms with Crippen LogP contribution in [0.3, 0.4) is 0 Å². The Balaban J connectivity index is 2.12. The molecule has 1 saturated heterocycles. The van der Waals surface area contributed by atoms with Crippen LogP contribution in [0.1, 0.15) is 113 Å². The van der Waals surface area contributed by atoms with Crippen molar-refractivity contribution in [3.05, 3.63) is 36.5 Å². The van der Waals surface area contributed by atoms with Gasteiger partial charge in [-0.3, -0.25) is 33.6 Å². The van der Waals surface area contributed by atoms with E-state index in [1.165, 1.54) is 6.92 Å². The number of carbonyl (C=O) groups is 7. The van der Waals surface area contributed by atoms with Crippen LogP contribution < -0.4 is 32.3 Å². The van der Waals surface area contributed by atoms with Crippen LogP contribution in [-0.2, 0) is 43.0 Å². The number of rotatable bonds is 6. The number of ether oxygens (including phenoxy) is 2. The SMILES string of the molecule is CC(C)CC1NC(=O)COC2C/C=C/C=C/C=C/CC(O)C(C)NC(=O)C(CCC(N)=O)NC(=O)C(C)(CC(=O)C3CC(CCC3O)NC(=O)C(C(C)C)NC1=O)OC(C)C2. The first-order valence-electron chi connectivity index (χ1n) is 21.6. The van der Waals surface area contributed by atoms with Gasteiger partial charge in [-0.25, -0.2) is 0 Å². The molecule has 0 aromatic rings. The molecular formula is C44H70N6O11. The first kappa shape index (κ1) is 50.9. The normalized spacial score (nSPS) is 35.3. The summed E-state index contributed by atoms with van der Waals surface area (Å²) in [6.07, 6.45) is 7.49. The minimum Gasteiger partial charge on any atom is -0.392 e. The van der Waals surface area contributed by atoms with Gasteiger partial charge in [0.1, 0.15) is 30.5 Å². The molecule has 3 aliphatic rings. The van der Waals surface area contributed by atoms with E-state index in [2.05, 4.69) is 26.6 Å². The van der Waals surface area contributed by atoms with E-state index in [1.807, 2.05) is 19.9 Å². The van der Waals surface area contributed by atoms with Gasteiger partial charge in [0, 0.05) is 24.8 Å². The molecule has 2 fully saturated rings. The summed E-state index contributed by atoms with van der Waals surface area (Å²) in [4.78, 5) is 95.2. The predicted octanol–water partition coefficient (Wildman–Crippen LogP) is 1.29. The molecule has 2 aliphatic heterocycles. The number of hydrogen-bond donors (Lipinski definition) is 8. The van der Waals surface area contributed by atoms with E-state index in [4.69, 9.17) is 15.2 Å². The second-order valence-electron chi connectivity index (χ2n) is 17.8. The fourth-order valence-corrected chi connectivity index (χ4v) is 7.80. The number of nitrogens with two attached hydrogens (primary N) is 1. The Hall–Kier alpha value is -4.45. The Morgan fingerprint density at radius 3 is 2.11 bits per heavy atom. The zero-order valence-corrected chi connectivity index (χ0v) is 36.8. The van der Waals surface area contributed by atoms with Gasteiger partial charge in [-0.05, 0) is 84.0 Å². The van der Waals surface area contributed by atoms with Crippen LogP contribution >= 0.6 is 0 Å². The summed E-state index contributed by atoms with van der Waals surface area (Å²) in [6, 6.07) is -4.59. The molecule has 11 unspecified atom stereocenters. The minimum absolute atomic E-state index is 0.00606. The molecule has 3 rings (SSSR count). The van der Waals surface area contributed by atoms with E-state index in [-0.39, 0.29) is 56.8 Å². The third-order valence-electron chi connectivity index (χ3n) is 11.3. The van der Waals surface area contributed by atoms with Crippen molar-refractivity contribution < 1.29 is 53.2 Å². The van der Waals surface area contributed by atoms with Gasteiger partial charge < -0.3 is 52.0 Å². The monoisotopic (exact) mass is 859 g/mol. The molecule has 0 spiro atoms. The van der Waals surface area contributed by atoms with E-state index in [0.29, 0.717) is 12.8 Å². The lowest BCUT2D eigenvalue weighted by Crippen LogP contribution is -2.59. The lowest BCUT2D eigenvalue weighted by Gasteiger charge is -2.38. The van der Waals surface area contributed by atoms with Crippen molar-refractivity contribution >= 4 is 41.2 Å². The molecule has 0 radical (unpaired) electrons. The minimum atomic E-state index is -1.95. The number of carbonyl (C=O) groups excluding carboxylic acids is 7. The number of aliphatic hydroxyl groups excluding tert-OH is 2. The molecule has 2 heterocycles. The molecule has 11 atom stereocenters. The van der Waals surface area contributed by atoms with Crippen molar-refractivity contribution in [2.24, 2.45) is 23.5 Å². The van der Waals surface area contributed by atoms with Gasteiger partial charge in [0.25, 0.3) is 5.91 Å². The van der Waals surface area contributed by atoms with Crippen LogP contribution in [0.4, 0.5) is 0 Å². The Labute approximate surface area is 359 Å². The van der Waals surface area contributed by atoms with E-state index in [9.17, 15) is 43.8 Å². The predicted molar refractivity (Wildman–Crippen MR) is 227 cm³/mol. The number of amides is 6. The van der Waals surface area contributed by atoms with E-state index in [0.717, 1.165) is 0 Å². The number of hydrogen-bond acceptors (Lipinski definition) is 11. The largest absolute Gasteiger partial charge is 0.392 e. The van der Waals surface area contributed by atoms with Crippen molar-refractivity contribution in [1.82, 2.24) is 26.6 Å². The third-order valence-corrected chi connectivity index (χ3v) is 11.3. The van der Waals surface area contributed by atoms with Gasteiger partial charge in [0.2, 0.25) is 29.5 Å². The number of nitrogens with one attached hydrogen (secondary N) is 5. The Morgan fingerprint density at radius 2 is 1.48 bits per heavy atom. The van der Waals surface area contributed by atoms with Gasteiger partial charge in [-0.2, -0.15) is 0 Å². The van der Waals surface area contributed by atoms with Crippen LogP contribution in [0.2, 0.25) is 0 Å². The molecule has 61 heavy (non-hydrogen) atoms. The molecule has 17 nitrogen and oxygen atoms in total. The van der Waals surface area contributed by atoms with Crippen molar-refractivity contribution in [3.63, 3.8) is 0 Å². The standard InChI is InChI=1S/C44H70N6O11/c1-25(2)20-33-41(57)50-39(26(3)4)42(58)47-29-16-18-35(52)31(22-29)36(53)23-44(7)43(59)49-32(17-19-37(45)54)40(56)46-28(6)34(51)15-13-11-9-8-10-12-14-30(21-27(5)61-44)60-24-38(55)48-33/h8-13,25-35,39,51-52H,14-24H2,1-7H3,(H2,45,54)(H,46,56)(H,47,58)(H,48,55)(H,49,59)(H,50,57)/b9-8+,12-10+,13-11+. The highest BCUT2D eigenvalue weighted by Crippen LogP contribution is 2.31. The number of allylic oxidation sites excluding steroid dienone is 4. The number of fused-ring (bicyclic) bond motifs is 6. The topological polar surface area (TPSA) is 265 Å². The maximum atomic E-state index is 14.5. The molecule has 0 aromatic carbocycles. The second kappa shape index (κ2) is 24.3. The molecule has 0 aromatic heterocycles. The second-order valence-corrected chi connectivity index (χ2v) is 17.8. The zero-order valence-electron chi connectivity index (χ0n) is 36.8. The summed E-state index contributed by atoms with van der Waals surface area (Å²) in [7, 11) is 0. The van der Waals surface area contributed by atoms with Gasteiger partial charge in [-0.1, -0.05) is 64.2 Å². The number of ketones is 1. The highest BCUT2D eigenvalue weighted by Gasteiger charge is 2.45. The lowest BCUT2D eigenvalue weighted by molar-refractivity contribution is -0.163. The zero-order chi connectivity index (χ0) is 45.4. The summed E-state index contributed by atoms with van der Waals surface area (Å²) >= 11 is 0. The van der Waals surface area contributed by atoms with E-state index in [1.54, 1.807) is 58.1 Å². The molecule has 1 aliphatic carbocycles. The fraction of sp³-hybridized carbons (Fsp3) is 0.705. The average Bonchev–Trinajstić information content (AvgIpc) is 3.17. The number of primary amides is 1. The maximum Gasteiger partial charge on any atom is 0.253 e. The van der Waals surface area contributed by atoms with Crippen molar-refractivity contribution in [2.75, 3.05) is 6.61 Å². The van der Waals surface area contributed by atoms with Crippen molar-refractivity contribution in [3.8, 4) is 0 Å². The maximum absolute atomic E-state index is 14.5. The summed E-state index contributed by atoms with van der Waals surface area (Å²) < 4.78 is 12.6. The quantitative estimate of drug-likeness (QED) is 0.189. The van der Waals surface area contributed by atoms with Gasteiger partial charge in [-0.15, -0.1) is 0 Å². The van der Waals surface area contributed by atoms with Gasteiger partial charge >= 0.3 is 0 Å². The van der Waals surface area contributed by atoms with Crippen LogP contribution in [-0.4, -0.2) is 118 Å².